The Morgan fingerprint density at radius 1 is 1.11 bits per heavy atom. The molecule has 0 fully saturated rings. The van der Waals surface area contributed by atoms with Gasteiger partial charge in [-0.3, -0.25) is 0 Å². The molecule has 2 aromatic carbocycles. The van der Waals surface area contributed by atoms with Crippen LogP contribution in [-0.4, -0.2) is 4.21 Å². The maximum atomic E-state index is 12.5. The Kier molecular flexibility index (Phi) is 3.80. The number of hydrogen-bond donors (Lipinski definition) is 1. The molecule has 0 aliphatic carbocycles. The van der Waals surface area contributed by atoms with Gasteiger partial charge in [0.25, 0.3) is 0 Å². The average molecular weight is 321 g/mol. The molecule has 5 heteroatoms. The lowest BCUT2D eigenvalue weighted by molar-refractivity contribution is 0.682. The lowest BCUT2D eigenvalue weighted by Crippen LogP contribution is -2.00. The van der Waals surface area contributed by atoms with Crippen molar-refractivity contribution in [1.29, 1.82) is 5.26 Å². The van der Waals surface area contributed by atoms with Crippen molar-refractivity contribution in [3.8, 4) is 6.07 Å². The third kappa shape index (κ3) is 2.30. The highest BCUT2D eigenvalue weighted by atomic mass is 79.9. The van der Waals surface area contributed by atoms with Crippen LogP contribution in [0.5, 0.6) is 0 Å². The van der Waals surface area contributed by atoms with Crippen LogP contribution < -0.4 is 5.73 Å². The van der Waals surface area contributed by atoms with E-state index in [-0.39, 0.29) is 5.56 Å². The monoisotopic (exact) mass is 320 g/mol. The minimum atomic E-state index is -1.43. The summed E-state index contributed by atoms with van der Waals surface area (Å²) in [5.41, 5.74) is 6.33. The Morgan fingerprint density at radius 3 is 2.44 bits per heavy atom. The summed E-state index contributed by atoms with van der Waals surface area (Å²) < 4.78 is 13.2. The molecule has 0 amide bonds. The van der Waals surface area contributed by atoms with Gasteiger partial charge < -0.3 is 5.73 Å². The molecule has 1 atom stereocenters. The predicted octanol–water partition coefficient (Wildman–Crippen LogP) is 3.07. The fourth-order valence-corrected chi connectivity index (χ4v) is 3.50. The van der Waals surface area contributed by atoms with Gasteiger partial charge in [-0.05, 0) is 40.2 Å². The van der Waals surface area contributed by atoms with Gasteiger partial charge in [0.1, 0.15) is 6.07 Å². The molecule has 0 heterocycles. The predicted molar refractivity (Wildman–Crippen MR) is 74.4 cm³/mol. The molecule has 2 rings (SSSR count). The Morgan fingerprint density at radius 2 is 1.78 bits per heavy atom. The van der Waals surface area contributed by atoms with E-state index < -0.39 is 10.8 Å². The normalized spacial score (nSPS) is 11.8. The van der Waals surface area contributed by atoms with Crippen LogP contribution in [0.4, 0.5) is 5.69 Å². The summed E-state index contributed by atoms with van der Waals surface area (Å²) in [7, 11) is -1.43. The molecule has 0 aromatic heterocycles. The molecule has 90 valence electrons. The highest BCUT2D eigenvalue weighted by Crippen LogP contribution is 2.28. The number of rotatable bonds is 2. The van der Waals surface area contributed by atoms with Gasteiger partial charge in [0.15, 0.2) is 0 Å². The van der Waals surface area contributed by atoms with Gasteiger partial charge in [-0.15, -0.1) is 0 Å². The second kappa shape index (κ2) is 5.34. The lowest BCUT2D eigenvalue weighted by atomic mass is 10.2. The van der Waals surface area contributed by atoms with Crippen molar-refractivity contribution >= 4 is 32.4 Å². The smallest absolute Gasteiger partial charge is 0.103 e. The quantitative estimate of drug-likeness (QED) is 0.865. The van der Waals surface area contributed by atoms with E-state index in [0.717, 1.165) is 4.47 Å². The van der Waals surface area contributed by atoms with E-state index in [1.165, 1.54) is 0 Å². The zero-order valence-electron chi connectivity index (χ0n) is 9.26. The second-order valence-corrected chi connectivity index (χ2v) is 5.80. The van der Waals surface area contributed by atoms with E-state index in [2.05, 4.69) is 15.9 Å². The van der Waals surface area contributed by atoms with Crippen LogP contribution in [0, 0.1) is 11.3 Å². The van der Waals surface area contributed by atoms with Crippen LogP contribution in [-0.2, 0) is 10.8 Å². The van der Waals surface area contributed by atoms with Gasteiger partial charge in [-0.2, -0.15) is 5.26 Å². The molecule has 0 unspecified atom stereocenters. The third-order valence-corrected chi connectivity index (χ3v) is 4.86. The maximum absolute atomic E-state index is 12.5. The summed E-state index contributed by atoms with van der Waals surface area (Å²) in [4.78, 5) is 1.06. The molecule has 0 bridgehead atoms. The largest absolute Gasteiger partial charge is 0.398 e. The summed E-state index contributed by atoms with van der Waals surface area (Å²) in [6.07, 6.45) is 0. The third-order valence-electron chi connectivity index (χ3n) is 2.41. The van der Waals surface area contributed by atoms with E-state index in [4.69, 9.17) is 11.0 Å². The van der Waals surface area contributed by atoms with Crippen LogP contribution in [0.25, 0.3) is 0 Å². The maximum Gasteiger partial charge on any atom is 0.103 e. The summed E-state index contributed by atoms with van der Waals surface area (Å²) in [6, 6.07) is 14.2. The van der Waals surface area contributed by atoms with Crippen molar-refractivity contribution in [2.45, 2.75) is 9.79 Å². The van der Waals surface area contributed by atoms with Crippen LogP contribution in [0.1, 0.15) is 5.56 Å². The highest BCUT2D eigenvalue weighted by Gasteiger charge is 2.15. The van der Waals surface area contributed by atoms with Crippen molar-refractivity contribution in [1.82, 2.24) is 0 Å². The Bertz CT molecular complexity index is 664. The molecule has 18 heavy (non-hydrogen) atoms. The fourth-order valence-electron chi connectivity index (χ4n) is 1.54. The number of halogens is 1. The van der Waals surface area contributed by atoms with Crippen molar-refractivity contribution < 1.29 is 4.21 Å². The Labute approximate surface area is 116 Å². The molecule has 0 saturated carbocycles. The van der Waals surface area contributed by atoms with E-state index in [0.29, 0.717) is 15.5 Å². The minimum absolute atomic E-state index is 0.270. The number of nitrogens with two attached hydrogens (primary N) is 1. The molecule has 0 saturated heterocycles. The molecule has 0 aliphatic heterocycles. The van der Waals surface area contributed by atoms with Crippen molar-refractivity contribution in [2.75, 3.05) is 5.73 Å². The van der Waals surface area contributed by atoms with Gasteiger partial charge in [-0.25, -0.2) is 4.21 Å². The van der Waals surface area contributed by atoms with Crippen LogP contribution in [0.3, 0.4) is 0 Å². The Balaban J connectivity index is 2.58. The number of hydrogen-bond acceptors (Lipinski definition) is 3. The second-order valence-electron chi connectivity index (χ2n) is 3.53. The summed E-state index contributed by atoms with van der Waals surface area (Å²) >= 11 is 3.35. The molecule has 2 N–H and O–H groups in total. The summed E-state index contributed by atoms with van der Waals surface area (Å²) in [6.45, 7) is 0. The van der Waals surface area contributed by atoms with Gasteiger partial charge >= 0.3 is 0 Å². The number of benzene rings is 2. The number of nitriles is 1. The van der Waals surface area contributed by atoms with Crippen LogP contribution in [0.2, 0.25) is 0 Å². The summed E-state index contributed by atoms with van der Waals surface area (Å²) in [5.74, 6) is 0. The van der Waals surface area contributed by atoms with Crippen LogP contribution >= 0.6 is 15.9 Å². The molecule has 0 radical (unpaired) electrons. The average Bonchev–Trinajstić information content (AvgIpc) is 2.38. The van der Waals surface area contributed by atoms with E-state index in [1.54, 1.807) is 30.3 Å². The van der Waals surface area contributed by atoms with Gasteiger partial charge in [-0.1, -0.05) is 18.2 Å². The molecule has 0 aliphatic rings. The van der Waals surface area contributed by atoms with Crippen molar-refractivity contribution in [3.05, 3.63) is 52.5 Å². The SMILES string of the molecule is N#Cc1c(N)cccc1[S@](=O)c1ccccc1Br. The lowest BCUT2D eigenvalue weighted by Gasteiger charge is -2.07. The van der Waals surface area contributed by atoms with E-state index in [9.17, 15) is 4.21 Å². The zero-order valence-corrected chi connectivity index (χ0v) is 11.7. The first-order valence-corrected chi connectivity index (χ1v) is 7.04. The molecule has 0 spiro atoms. The molecule has 2 aromatic rings. The standard InChI is InChI=1S/C13H9BrN2OS/c14-10-4-1-2-6-13(10)18(17)12-7-3-5-11(16)9(12)8-15/h1-7H,16H2/t18-/m0/s1. The molecule has 3 nitrogen and oxygen atoms in total. The van der Waals surface area contributed by atoms with E-state index in [1.807, 2.05) is 18.2 Å². The van der Waals surface area contributed by atoms with Crippen molar-refractivity contribution in [2.24, 2.45) is 0 Å². The Hall–Kier alpha value is -1.64. The van der Waals surface area contributed by atoms with Crippen LogP contribution in [0.15, 0.2) is 56.7 Å². The minimum Gasteiger partial charge on any atom is -0.398 e. The van der Waals surface area contributed by atoms with Gasteiger partial charge in [0, 0.05) is 4.47 Å². The number of anilines is 1. The molecular formula is C13H9BrN2OS. The first kappa shape index (κ1) is 12.8. The first-order chi connectivity index (χ1) is 8.65. The number of nitrogens with zero attached hydrogens (tertiary/aromatic N) is 1. The number of nitrogen functional groups attached to an aromatic ring is 1. The van der Waals surface area contributed by atoms with Gasteiger partial charge in [0.2, 0.25) is 0 Å². The first-order valence-electron chi connectivity index (χ1n) is 5.10. The summed E-state index contributed by atoms with van der Waals surface area (Å²) in [5, 5.41) is 9.09. The zero-order chi connectivity index (χ0) is 13.1. The topological polar surface area (TPSA) is 66.9 Å². The van der Waals surface area contributed by atoms with Crippen molar-refractivity contribution in [3.63, 3.8) is 0 Å². The van der Waals surface area contributed by atoms with E-state index >= 15 is 0 Å². The highest BCUT2D eigenvalue weighted by molar-refractivity contribution is 9.10. The fraction of sp³-hybridized carbons (Fsp3) is 0. The van der Waals surface area contributed by atoms with Gasteiger partial charge in [0.05, 0.1) is 31.8 Å². The molecular weight excluding hydrogens is 312 g/mol.